The summed E-state index contributed by atoms with van der Waals surface area (Å²) < 4.78 is 1.95. The molecule has 2 rings (SSSR count). The number of para-hydroxylation sites is 1. The molecule has 0 aliphatic rings. The van der Waals surface area contributed by atoms with Crippen LogP contribution in [0.25, 0.3) is 5.69 Å². The average molecular weight is 215 g/mol. The number of nitrogens with zero attached hydrogens (tertiary/aromatic N) is 1. The normalized spacial score (nSPS) is 10.4. The highest BCUT2D eigenvalue weighted by Crippen LogP contribution is 2.20. The van der Waals surface area contributed by atoms with E-state index in [0.717, 1.165) is 17.1 Å². The van der Waals surface area contributed by atoms with Gasteiger partial charge in [-0.05, 0) is 38.1 Å². The summed E-state index contributed by atoms with van der Waals surface area (Å²) in [5.41, 5.74) is 3.11. The number of aryl methyl sites for hydroxylation is 2. The van der Waals surface area contributed by atoms with Crippen molar-refractivity contribution in [2.45, 2.75) is 13.8 Å². The van der Waals surface area contributed by atoms with Crippen LogP contribution in [0, 0.1) is 13.8 Å². The van der Waals surface area contributed by atoms with E-state index in [2.05, 4.69) is 0 Å². The van der Waals surface area contributed by atoms with Crippen molar-refractivity contribution in [3.8, 4) is 5.69 Å². The lowest BCUT2D eigenvalue weighted by molar-refractivity contribution is 0.0697. The van der Waals surface area contributed by atoms with Gasteiger partial charge in [0.25, 0.3) is 0 Å². The summed E-state index contributed by atoms with van der Waals surface area (Å²) in [4.78, 5) is 11.1. The first-order chi connectivity index (χ1) is 7.61. The molecule has 3 nitrogen and oxygen atoms in total. The van der Waals surface area contributed by atoms with Gasteiger partial charge in [-0.3, -0.25) is 0 Å². The molecular formula is C13H13NO2. The van der Waals surface area contributed by atoms with E-state index in [1.54, 1.807) is 12.1 Å². The lowest BCUT2D eigenvalue weighted by atomic mass is 10.1. The third-order valence-corrected chi connectivity index (χ3v) is 2.65. The molecule has 1 aromatic carbocycles. The Morgan fingerprint density at radius 2 is 1.62 bits per heavy atom. The molecule has 3 heteroatoms. The zero-order valence-electron chi connectivity index (χ0n) is 9.27. The lowest BCUT2D eigenvalue weighted by Crippen LogP contribution is -2.07. The van der Waals surface area contributed by atoms with Crippen LogP contribution in [0.1, 0.15) is 21.7 Å². The molecule has 0 bridgehead atoms. The van der Waals surface area contributed by atoms with Crippen molar-refractivity contribution < 1.29 is 9.90 Å². The summed E-state index contributed by atoms with van der Waals surface area (Å²) in [6.07, 6.45) is 0. The average Bonchev–Trinajstić information content (AvgIpc) is 2.58. The van der Waals surface area contributed by atoms with Gasteiger partial charge in [-0.15, -0.1) is 0 Å². The van der Waals surface area contributed by atoms with Crippen LogP contribution < -0.4 is 0 Å². The molecule has 0 amide bonds. The maximum absolute atomic E-state index is 11.1. The van der Waals surface area contributed by atoms with Crippen molar-refractivity contribution in [2.75, 3.05) is 0 Å². The maximum Gasteiger partial charge on any atom is 0.337 e. The van der Waals surface area contributed by atoms with Gasteiger partial charge in [0.05, 0.1) is 11.3 Å². The molecule has 0 aliphatic carbocycles. The van der Waals surface area contributed by atoms with Gasteiger partial charge >= 0.3 is 5.97 Å². The van der Waals surface area contributed by atoms with Gasteiger partial charge in [-0.2, -0.15) is 0 Å². The Balaban J connectivity index is 2.69. The first-order valence-electron chi connectivity index (χ1n) is 5.09. The van der Waals surface area contributed by atoms with Crippen LogP contribution in [0.4, 0.5) is 0 Å². The third kappa shape index (κ3) is 1.60. The fourth-order valence-electron chi connectivity index (χ4n) is 1.90. The van der Waals surface area contributed by atoms with Crippen LogP contribution in [0.3, 0.4) is 0 Å². The van der Waals surface area contributed by atoms with E-state index >= 15 is 0 Å². The largest absolute Gasteiger partial charge is 0.478 e. The van der Waals surface area contributed by atoms with Crippen molar-refractivity contribution in [1.29, 1.82) is 0 Å². The Kier molecular flexibility index (Phi) is 2.52. The molecule has 1 aromatic heterocycles. The molecule has 82 valence electrons. The van der Waals surface area contributed by atoms with E-state index in [4.69, 9.17) is 5.11 Å². The highest BCUT2D eigenvalue weighted by molar-refractivity contribution is 5.92. The summed E-state index contributed by atoms with van der Waals surface area (Å²) in [5, 5.41) is 9.13. The molecule has 2 aromatic rings. The SMILES string of the molecule is Cc1ccc(C)n1-c1ccccc1C(=O)O. The fraction of sp³-hybridized carbons (Fsp3) is 0.154. The number of hydrogen-bond acceptors (Lipinski definition) is 1. The Labute approximate surface area is 94.0 Å². The first-order valence-corrected chi connectivity index (χ1v) is 5.09. The van der Waals surface area contributed by atoms with Gasteiger partial charge in [0.2, 0.25) is 0 Å². The number of carbonyl (C=O) groups is 1. The molecule has 0 aliphatic heterocycles. The monoisotopic (exact) mass is 215 g/mol. The summed E-state index contributed by atoms with van der Waals surface area (Å²) in [6.45, 7) is 3.93. The standard InChI is InChI=1S/C13H13NO2/c1-9-7-8-10(2)14(9)12-6-4-3-5-11(12)13(15)16/h3-8H,1-2H3,(H,15,16). The Bertz CT molecular complexity index is 521. The van der Waals surface area contributed by atoms with Crippen molar-refractivity contribution in [3.63, 3.8) is 0 Å². The van der Waals surface area contributed by atoms with Gasteiger partial charge in [0, 0.05) is 11.4 Å². The minimum absolute atomic E-state index is 0.324. The first kappa shape index (κ1) is 10.5. The zero-order valence-corrected chi connectivity index (χ0v) is 9.27. The lowest BCUT2D eigenvalue weighted by Gasteiger charge is -2.11. The molecule has 0 saturated carbocycles. The van der Waals surface area contributed by atoms with Crippen LogP contribution in [0.15, 0.2) is 36.4 Å². The topological polar surface area (TPSA) is 42.2 Å². The zero-order chi connectivity index (χ0) is 11.7. The second-order valence-corrected chi connectivity index (χ2v) is 3.77. The molecule has 0 unspecified atom stereocenters. The van der Waals surface area contributed by atoms with E-state index in [0.29, 0.717) is 5.56 Å². The number of aromatic nitrogens is 1. The molecular weight excluding hydrogens is 202 g/mol. The fourth-order valence-corrected chi connectivity index (χ4v) is 1.90. The molecule has 1 N–H and O–H groups in total. The predicted octanol–water partition coefficient (Wildman–Crippen LogP) is 2.79. The molecule has 16 heavy (non-hydrogen) atoms. The molecule has 0 fully saturated rings. The van der Waals surface area contributed by atoms with Gasteiger partial charge < -0.3 is 9.67 Å². The second-order valence-electron chi connectivity index (χ2n) is 3.77. The maximum atomic E-state index is 11.1. The van der Waals surface area contributed by atoms with E-state index in [9.17, 15) is 4.79 Å². The number of carboxylic acids is 1. The highest BCUT2D eigenvalue weighted by Gasteiger charge is 2.12. The van der Waals surface area contributed by atoms with Gasteiger partial charge in [0.1, 0.15) is 0 Å². The van der Waals surface area contributed by atoms with Crippen LogP contribution in [-0.2, 0) is 0 Å². The van der Waals surface area contributed by atoms with Gasteiger partial charge in [0.15, 0.2) is 0 Å². The highest BCUT2D eigenvalue weighted by atomic mass is 16.4. The van der Waals surface area contributed by atoms with E-state index in [1.807, 2.05) is 42.7 Å². The molecule has 0 saturated heterocycles. The van der Waals surface area contributed by atoms with E-state index in [-0.39, 0.29) is 0 Å². The van der Waals surface area contributed by atoms with E-state index < -0.39 is 5.97 Å². The summed E-state index contributed by atoms with van der Waals surface area (Å²) in [5.74, 6) is -0.900. The van der Waals surface area contributed by atoms with Crippen LogP contribution >= 0.6 is 0 Å². The van der Waals surface area contributed by atoms with Crippen LogP contribution in [0.5, 0.6) is 0 Å². The molecule has 1 heterocycles. The smallest absolute Gasteiger partial charge is 0.337 e. The molecule has 0 radical (unpaired) electrons. The Morgan fingerprint density at radius 1 is 1.06 bits per heavy atom. The second kappa shape index (κ2) is 3.85. The summed E-state index contributed by atoms with van der Waals surface area (Å²) in [7, 11) is 0. The minimum Gasteiger partial charge on any atom is -0.478 e. The number of hydrogen-bond donors (Lipinski definition) is 1. The van der Waals surface area contributed by atoms with Crippen LogP contribution in [0.2, 0.25) is 0 Å². The van der Waals surface area contributed by atoms with Crippen molar-refractivity contribution in [3.05, 3.63) is 53.3 Å². The number of carboxylic acid groups (broad SMARTS) is 1. The van der Waals surface area contributed by atoms with Crippen molar-refractivity contribution in [1.82, 2.24) is 4.57 Å². The van der Waals surface area contributed by atoms with Gasteiger partial charge in [-0.1, -0.05) is 12.1 Å². The number of rotatable bonds is 2. The summed E-state index contributed by atoms with van der Waals surface area (Å²) in [6, 6.07) is 11.0. The Hall–Kier alpha value is -2.03. The van der Waals surface area contributed by atoms with Crippen molar-refractivity contribution in [2.24, 2.45) is 0 Å². The third-order valence-electron chi connectivity index (χ3n) is 2.65. The Morgan fingerprint density at radius 3 is 2.19 bits per heavy atom. The quantitative estimate of drug-likeness (QED) is 0.837. The van der Waals surface area contributed by atoms with E-state index in [1.165, 1.54) is 0 Å². The number of aromatic carboxylic acids is 1. The summed E-state index contributed by atoms with van der Waals surface area (Å²) >= 11 is 0. The predicted molar refractivity (Wildman–Crippen MR) is 62.2 cm³/mol. The number of benzene rings is 1. The van der Waals surface area contributed by atoms with Crippen LogP contribution in [-0.4, -0.2) is 15.6 Å². The molecule has 0 atom stereocenters. The van der Waals surface area contributed by atoms with Crippen molar-refractivity contribution >= 4 is 5.97 Å². The minimum atomic E-state index is -0.900. The molecule has 0 spiro atoms. The van der Waals surface area contributed by atoms with Gasteiger partial charge in [-0.25, -0.2) is 4.79 Å².